The maximum atomic E-state index is 14.9. The molecule has 0 aliphatic carbocycles. The molecule has 1 N–H and O–H groups in total. The SMILES string of the molecule is O=C(Nc1ccc(C(=O)N2CCC(F)(F)C3(CO3)c3cc(Cl)ccc32)cn1)c1ccccc1C(F)(F)F. The van der Waals surface area contributed by atoms with E-state index in [1.165, 1.54) is 47.4 Å². The molecule has 3 heterocycles. The largest absolute Gasteiger partial charge is 0.417 e. The van der Waals surface area contributed by atoms with Crippen LogP contribution >= 0.6 is 11.6 Å². The number of ether oxygens (including phenoxy) is 1. The number of carbonyl (C=O) groups is 2. The van der Waals surface area contributed by atoms with Crippen LogP contribution in [-0.2, 0) is 16.5 Å². The number of anilines is 2. The zero-order chi connectivity index (χ0) is 26.6. The van der Waals surface area contributed by atoms with Gasteiger partial charge in [-0.05, 0) is 42.5 Å². The molecule has 6 nitrogen and oxygen atoms in total. The number of hydrogen-bond donors (Lipinski definition) is 1. The van der Waals surface area contributed by atoms with Gasteiger partial charge in [0.2, 0.25) is 0 Å². The van der Waals surface area contributed by atoms with Gasteiger partial charge in [0.1, 0.15) is 5.82 Å². The second kappa shape index (κ2) is 8.77. The van der Waals surface area contributed by atoms with Crippen molar-refractivity contribution in [1.29, 1.82) is 0 Å². The highest BCUT2D eigenvalue weighted by atomic mass is 35.5. The summed E-state index contributed by atoms with van der Waals surface area (Å²) in [6.07, 6.45) is -4.27. The summed E-state index contributed by atoms with van der Waals surface area (Å²) in [6, 6.07) is 11.1. The van der Waals surface area contributed by atoms with E-state index in [1.54, 1.807) is 0 Å². The van der Waals surface area contributed by atoms with Gasteiger partial charge in [-0.1, -0.05) is 23.7 Å². The zero-order valence-electron chi connectivity index (χ0n) is 18.8. The van der Waals surface area contributed by atoms with Crippen molar-refractivity contribution in [1.82, 2.24) is 4.98 Å². The number of aromatic nitrogens is 1. The Morgan fingerprint density at radius 2 is 1.81 bits per heavy atom. The second-order valence-corrected chi connectivity index (χ2v) is 9.05. The average Bonchev–Trinajstić information content (AvgIpc) is 3.68. The summed E-state index contributed by atoms with van der Waals surface area (Å²) in [5.41, 5.74) is -3.18. The summed E-state index contributed by atoms with van der Waals surface area (Å²) >= 11 is 6.05. The van der Waals surface area contributed by atoms with Crippen LogP contribution in [0.1, 0.15) is 38.3 Å². The van der Waals surface area contributed by atoms with E-state index in [0.29, 0.717) is 0 Å². The van der Waals surface area contributed by atoms with Crippen molar-refractivity contribution in [2.75, 3.05) is 23.4 Å². The van der Waals surface area contributed by atoms with Gasteiger partial charge < -0.3 is 15.0 Å². The highest BCUT2D eigenvalue weighted by Crippen LogP contribution is 2.57. The van der Waals surface area contributed by atoms with Crippen molar-refractivity contribution in [2.24, 2.45) is 0 Å². The van der Waals surface area contributed by atoms with Crippen molar-refractivity contribution >= 4 is 34.9 Å². The molecule has 1 atom stereocenters. The lowest BCUT2D eigenvalue weighted by Gasteiger charge is -2.23. The molecule has 2 aromatic carbocycles. The number of benzene rings is 2. The maximum absolute atomic E-state index is 14.9. The van der Waals surface area contributed by atoms with Crippen molar-refractivity contribution < 1.29 is 36.3 Å². The fourth-order valence-corrected chi connectivity index (χ4v) is 4.52. The average molecular weight is 538 g/mol. The molecule has 2 aliphatic heterocycles. The lowest BCUT2D eigenvalue weighted by molar-refractivity contribution is -0.137. The predicted octanol–water partition coefficient (Wildman–Crippen LogP) is 5.92. The van der Waals surface area contributed by atoms with Crippen molar-refractivity contribution in [3.63, 3.8) is 0 Å². The molecule has 37 heavy (non-hydrogen) atoms. The number of nitrogens with one attached hydrogen (secondary N) is 1. The number of amides is 2. The Hall–Kier alpha value is -3.57. The molecular formula is C25H17ClF5N3O3. The minimum atomic E-state index is -4.73. The topological polar surface area (TPSA) is 74.8 Å². The van der Waals surface area contributed by atoms with Crippen LogP contribution in [0, 0.1) is 0 Å². The Labute approximate surface area is 212 Å². The monoisotopic (exact) mass is 537 g/mol. The Balaban J connectivity index is 1.39. The zero-order valence-corrected chi connectivity index (χ0v) is 19.5. The summed E-state index contributed by atoms with van der Waals surface area (Å²) in [7, 11) is 0. The number of hydrogen-bond acceptors (Lipinski definition) is 4. The van der Waals surface area contributed by atoms with E-state index >= 15 is 0 Å². The van der Waals surface area contributed by atoms with Crippen LogP contribution in [0.5, 0.6) is 0 Å². The molecule has 0 radical (unpaired) electrons. The van der Waals surface area contributed by atoms with Crippen molar-refractivity contribution in [3.05, 3.63) is 88.1 Å². The number of fused-ring (bicyclic) bond motifs is 2. The fourth-order valence-electron chi connectivity index (χ4n) is 4.35. The number of alkyl halides is 5. The van der Waals surface area contributed by atoms with E-state index in [-0.39, 0.29) is 40.8 Å². The minimum Gasteiger partial charge on any atom is -0.358 e. The van der Waals surface area contributed by atoms with Crippen LogP contribution in [0.4, 0.5) is 33.5 Å². The molecule has 0 bridgehead atoms. The second-order valence-electron chi connectivity index (χ2n) is 8.62. The van der Waals surface area contributed by atoms with E-state index in [4.69, 9.17) is 16.3 Å². The summed E-state index contributed by atoms with van der Waals surface area (Å²) < 4.78 is 74.7. The molecule has 192 valence electrons. The van der Waals surface area contributed by atoms with Gasteiger partial charge in [0, 0.05) is 29.7 Å². The van der Waals surface area contributed by atoms with Gasteiger partial charge in [0.15, 0.2) is 5.60 Å². The molecular weight excluding hydrogens is 521 g/mol. The highest BCUT2D eigenvalue weighted by molar-refractivity contribution is 6.30. The Morgan fingerprint density at radius 3 is 2.46 bits per heavy atom. The van der Waals surface area contributed by atoms with Crippen LogP contribution < -0.4 is 10.2 Å². The molecule has 2 aliphatic rings. The number of halogens is 6. The van der Waals surface area contributed by atoms with Gasteiger partial charge in [-0.15, -0.1) is 0 Å². The van der Waals surface area contributed by atoms with E-state index in [9.17, 15) is 31.5 Å². The lowest BCUT2D eigenvalue weighted by Crippen LogP contribution is -2.36. The van der Waals surface area contributed by atoms with Crippen LogP contribution in [0.2, 0.25) is 5.02 Å². The molecule has 1 saturated heterocycles. The predicted molar refractivity (Wildman–Crippen MR) is 124 cm³/mol. The molecule has 3 aromatic rings. The minimum absolute atomic E-state index is 0.0190. The quantitative estimate of drug-likeness (QED) is 0.333. The van der Waals surface area contributed by atoms with E-state index in [0.717, 1.165) is 18.3 Å². The van der Waals surface area contributed by atoms with E-state index < -0.39 is 47.1 Å². The normalized spacial score (nSPS) is 20.2. The van der Waals surface area contributed by atoms with E-state index in [1.807, 2.05) is 0 Å². The van der Waals surface area contributed by atoms with Gasteiger partial charge in [-0.2, -0.15) is 13.2 Å². The summed E-state index contributed by atoms with van der Waals surface area (Å²) in [4.78, 5) is 30.9. The van der Waals surface area contributed by atoms with Gasteiger partial charge in [-0.25, -0.2) is 13.8 Å². The summed E-state index contributed by atoms with van der Waals surface area (Å²) in [5, 5.41) is 2.49. The molecule has 2 amide bonds. The number of carbonyl (C=O) groups excluding carboxylic acids is 2. The van der Waals surface area contributed by atoms with Crippen LogP contribution in [0.3, 0.4) is 0 Å². The third kappa shape index (κ3) is 4.42. The molecule has 1 aromatic heterocycles. The molecule has 1 unspecified atom stereocenters. The first kappa shape index (κ1) is 25.1. The smallest absolute Gasteiger partial charge is 0.358 e. The van der Waals surface area contributed by atoms with E-state index in [2.05, 4.69) is 10.3 Å². The molecule has 12 heteroatoms. The highest BCUT2D eigenvalue weighted by Gasteiger charge is 2.67. The van der Waals surface area contributed by atoms with Crippen LogP contribution in [0.15, 0.2) is 60.8 Å². The first-order chi connectivity index (χ1) is 17.4. The molecule has 1 fully saturated rings. The van der Waals surface area contributed by atoms with Crippen LogP contribution in [-0.4, -0.2) is 35.9 Å². The fraction of sp³-hybridized carbons (Fsp3) is 0.240. The van der Waals surface area contributed by atoms with Crippen molar-refractivity contribution in [2.45, 2.75) is 24.1 Å². The maximum Gasteiger partial charge on any atom is 0.417 e. The van der Waals surface area contributed by atoms with Gasteiger partial charge >= 0.3 is 6.18 Å². The number of pyridine rings is 1. The van der Waals surface area contributed by atoms with Gasteiger partial charge in [-0.3, -0.25) is 9.59 Å². The Morgan fingerprint density at radius 1 is 1.08 bits per heavy atom. The molecule has 0 saturated carbocycles. The van der Waals surface area contributed by atoms with Gasteiger partial charge in [0.25, 0.3) is 17.7 Å². The summed E-state index contributed by atoms with van der Waals surface area (Å²) in [5.74, 6) is -5.00. The number of epoxide rings is 1. The first-order valence-electron chi connectivity index (χ1n) is 11.0. The molecule has 5 rings (SSSR count). The Kier molecular flexibility index (Phi) is 5.95. The van der Waals surface area contributed by atoms with Crippen LogP contribution in [0.25, 0.3) is 0 Å². The number of rotatable bonds is 3. The third-order valence-corrected chi connectivity index (χ3v) is 6.57. The Bertz CT molecular complexity index is 1390. The number of nitrogens with zero attached hydrogens (tertiary/aromatic N) is 2. The first-order valence-corrected chi connectivity index (χ1v) is 11.4. The third-order valence-electron chi connectivity index (χ3n) is 6.33. The van der Waals surface area contributed by atoms with Crippen molar-refractivity contribution in [3.8, 4) is 0 Å². The van der Waals surface area contributed by atoms with Gasteiger partial charge in [0.05, 0.1) is 29.0 Å². The summed E-state index contributed by atoms with van der Waals surface area (Å²) in [6.45, 7) is -0.513. The molecule has 1 spiro atoms. The standard InChI is InChI=1S/C25H17ClF5N3O3/c26-15-6-7-19-18(11-15)23(13-37-23)24(27,28)9-10-34(19)22(36)14-5-8-20(32-12-14)33-21(35)16-3-1-2-4-17(16)25(29,30)31/h1-8,11-12H,9-10,13H2,(H,32,33,35). The lowest BCUT2D eigenvalue weighted by atomic mass is 9.91.